The zero-order chi connectivity index (χ0) is 22.1. The molecule has 166 valence electrons. The third-order valence-electron chi connectivity index (χ3n) is 6.43. The standard InChI is InChI=1S/C24H26FN5O2/c25-19-12-17(13-26-14-19)2-1-9-27-20-7-10-28(11-8-20)15-21-16-29-22(31)5-3-18-4-6-23(32)30(21)24(18)29/h1-6,12-14,20-21,27H,7-11,15-16H2/b2-1+/t21-/m1/s1. The van der Waals surface area contributed by atoms with E-state index in [9.17, 15) is 14.0 Å². The molecule has 0 aliphatic carbocycles. The van der Waals surface area contributed by atoms with Crippen LogP contribution in [0.25, 0.3) is 17.1 Å². The first kappa shape index (κ1) is 20.8. The van der Waals surface area contributed by atoms with Crippen LogP contribution in [-0.2, 0) is 6.54 Å². The molecule has 3 aromatic rings. The molecule has 0 spiro atoms. The van der Waals surface area contributed by atoms with Crippen LogP contribution in [-0.4, -0.2) is 51.2 Å². The van der Waals surface area contributed by atoms with E-state index in [-0.39, 0.29) is 23.0 Å². The molecule has 0 unspecified atom stereocenters. The van der Waals surface area contributed by atoms with Crippen molar-refractivity contribution in [3.05, 3.63) is 80.9 Å². The Morgan fingerprint density at radius 3 is 2.66 bits per heavy atom. The molecule has 0 aromatic carbocycles. The summed E-state index contributed by atoms with van der Waals surface area (Å²) in [4.78, 5) is 31.1. The normalized spacial score (nSPS) is 19.3. The summed E-state index contributed by atoms with van der Waals surface area (Å²) in [6.07, 6.45) is 8.74. The fourth-order valence-electron chi connectivity index (χ4n) is 4.86. The molecule has 0 radical (unpaired) electrons. The second-order valence-corrected chi connectivity index (χ2v) is 8.58. The third-order valence-corrected chi connectivity index (χ3v) is 6.43. The Bertz CT molecular complexity index is 1270. The Labute approximate surface area is 184 Å². The molecule has 5 heterocycles. The predicted octanol–water partition coefficient (Wildman–Crippen LogP) is 2.02. The molecule has 8 heteroatoms. The maximum atomic E-state index is 13.2. The molecule has 1 N–H and O–H groups in total. The van der Waals surface area contributed by atoms with Crippen LogP contribution >= 0.6 is 0 Å². The first-order valence-corrected chi connectivity index (χ1v) is 11.1. The van der Waals surface area contributed by atoms with Gasteiger partial charge in [-0.05, 0) is 49.7 Å². The quantitative estimate of drug-likeness (QED) is 0.642. The van der Waals surface area contributed by atoms with Gasteiger partial charge >= 0.3 is 0 Å². The summed E-state index contributed by atoms with van der Waals surface area (Å²) in [7, 11) is 0. The Balaban J connectivity index is 1.15. The van der Waals surface area contributed by atoms with E-state index in [1.807, 2.05) is 12.2 Å². The van der Waals surface area contributed by atoms with Crippen molar-refractivity contribution in [1.29, 1.82) is 0 Å². The summed E-state index contributed by atoms with van der Waals surface area (Å²) in [6, 6.07) is 8.63. The van der Waals surface area contributed by atoms with Crippen LogP contribution < -0.4 is 16.4 Å². The minimum Gasteiger partial charge on any atom is -0.310 e. The molecular weight excluding hydrogens is 409 g/mol. The van der Waals surface area contributed by atoms with Crippen molar-refractivity contribution in [3.8, 4) is 0 Å². The van der Waals surface area contributed by atoms with E-state index in [4.69, 9.17) is 0 Å². The molecule has 0 saturated carbocycles. The van der Waals surface area contributed by atoms with Crippen molar-refractivity contribution in [2.45, 2.75) is 31.5 Å². The van der Waals surface area contributed by atoms with E-state index in [0.717, 1.165) is 55.6 Å². The molecule has 2 aliphatic rings. The van der Waals surface area contributed by atoms with Crippen LogP contribution in [0.2, 0.25) is 0 Å². The lowest BCUT2D eigenvalue weighted by molar-refractivity contribution is 0.173. The first-order chi connectivity index (χ1) is 15.6. The van der Waals surface area contributed by atoms with Gasteiger partial charge in [0.1, 0.15) is 11.5 Å². The number of likely N-dealkylation sites (tertiary alicyclic amines) is 1. The van der Waals surface area contributed by atoms with E-state index < -0.39 is 0 Å². The average molecular weight is 436 g/mol. The second-order valence-electron chi connectivity index (χ2n) is 8.58. The van der Waals surface area contributed by atoms with Gasteiger partial charge in [0.05, 0.1) is 12.2 Å². The van der Waals surface area contributed by atoms with Crippen LogP contribution in [0.4, 0.5) is 4.39 Å². The van der Waals surface area contributed by atoms with Gasteiger partial charge in [0.2, 0.25) is 0 Å². The number of halogens is 1. The van der Waals surface area contributed by atoms with Gasteiger partial charge in [-0.1, -0.05) is 12.2 Å². The zero-order valence-corrected chi connectivity index (χ0v) is 17.8. The first-order valence-electron chi connectivity index (χ1n) is 11.1. The highest BCUT2D eigenvalue weighted by Gasteiger charge is 2.29. The van der Waals surface area contributed by atoms with Gasteiger partial charge in [-0.25, -0.2) is 4.39 Å². The van der Waals surface area contributed by atoms with Crippen LogP contribution in [0.15, 0.2) is 58.4 Å². The number of piperidine rings is 1. The van der Waals surface area contributed by atoms with Gasteiger partial charge in [-0.3, -0.25) is 23.7 Å². The van der Waals surface area contributed by atoms with Crippen LogP contribution in [0.3, 0.4) is 0 Å². The number of hydrogen-bond acceptors (Lipinski definition) is 5. The topological polar surface area (TPSA) is 72.2 Å². The van der Waals surface area contributed by atoms with Crippen molar-refractivity contribution in [2.24, 2.45) is 0 Å². The molecule has 32 heavy (non-hydrogen) atoms. The van der Waals surface area contributed by atoms with Crippen molar-refractivity contribution >= 4 is 17.1 Å². The third kappa shape index (κ3) is 4.16. The number of nitrogens with one attached hydrogen (secondary N) is 1. The highest BCUT2D eigenvalue weighted by molar-refractivity contribution is 5.76. The summed E-state index contributed by atoms with van der Waals surface area (Å²) < 4.78 is 16.7. The van der Waals surface area contributed by atoms with E-state index in [0.29, 0.717) is 12.6 Å². The number of nitrogens with zero attached hydrogens (tertiary/aromatic N) is 4. The molecule has 1 fully saturated rings. The SMILES string of the molecule is O=c1ccc2ccc(=O)n3c2n1C[C@H]3CN1CCC(NC/C=C/c2cncc(F)c2)CC1. The molecule has 1 atom stereocenters. The van der Waals surface area contributed by atoms with Gasteiger partial charge in [0, 0.05) is 49.4 Å². The van der Waals surface area contributed by atoms with E-state index in [1.165, 1.54) is 12.3 Å². The second kappa shape index (κ2) is 8.80. The molecule has 5 rings (SSSR count). The zero-order valence-electron chi connectivity index (χ0n) is 17.8. The lowest BCUT2D eigenvalue weighted by Gasteiger charge is -2.34. The minimum absolute atomic E-state index is 0.0198. The fraction of sp³-hybridized carbons (Fsp3) is 0.375. The summed E-state index contributed by atoms with van der Waals surface area (Å²) in [5.41, 5.74) is 1.40. The van der Waals surface area contributed by atoms with Gasteiger partial charge in [-0.15, -0.1) is 0 Å². The highest BCUT2D eigenvalue weighted by Crippen LogP contribution is 2.25. The maximum Gasteiger partial charge on any atom is 0.252 e. The average Bonchev–Trinajstić information content (AvgIpc) is 3.18. The molecule has 0 amide bonds. The van der Waals surface area contributed by atoms with Crippen molar-refractivity contribution in [3.63, 3.8) is 0 Å². The number of aromatic nitrogens is 3. The van der Waals surface area contributed by atoms with Crippen molar-refractivity contribution < 1.29 is 4.39 Å². The molecule has 7 nitrogen and oxygen atoms in total. The summed E-state index contributed by atoms with van der Waals surface area (Å²) in [5, 5.41) is 4.47. The maximum absolute atomic E-state index is 13.2. The predicted molar refractivity (Wildman–Crippen MR) is 122 cm³/mol. The smallest absolute Gasteiger partial charge is 0.252 e. The van der Waals surface area contributed by atoms with Crippen LogP contribution in [0.1, 0.15) is 24.4 Å². The van der Waals surface area contributed by atoms with Crippen molar-refractivity contribution in [2.75, 3.05) is 26.2 Å². The van der Waals surface area contributed by atoms with E-state index in [1.54, 1.807) is 39.6 Å². The molecule has 0 bridgehead atoms. The van der Waals surface area contributed by atoms with Gasteiger partial charge < -0.3 is 10.2 Å². The molecular formula is C24H26FN5O2. The lowest BCUT2D eigenvalue weighted by Crippen LogP contribution is -2.44. The monoisotopic (exact) mass is 435 g/mol. The molecule has 3 aromatic heterocycles. The Hall–Kier alpha value is -3.10. The summed E-state index contributed by atoms with van der Waals surface area (Å²) in [6.45, 7) is 3.93. The Morgan fingerprint density at radius 1 is 1.09 bits per heavy atom. The number of rotatable bonds is 6. The van der Waals surface area contributed by atoms with Crippen LogP contribution in [0.5, 0.6) is 0 Å². The fourth-order valence-corrected chi connectivity index (χ4v) is 4.86. The summed E-state index contributed by atoms with van der Waals surface area (Å²) in [5.74, 6) is -0.332. The van der Waals surface area contributed by atoms with E-state index in [2.05, 4.69) is 15.2 Å². The van der Waals surface area contributed by atoms with E-state index >= 15 is 0 Å². The molecule has 1 saturated heterocycles. The summed E-state index contributed by atoms with van der Waals surface area (Å²) >= 11 is 0. The Kier molecular flexibility index (Phi) is 5.71. The lowest BCUT2D eigenvalue weighted by atomic mass is 10.0. The number of hydrogen-bond donors (Lipinski definition) is 1. The number of pyridine rings is 3. The molecule has 2 aliphatic heterocycles. The van der Waals surface area contributed by atoms with Gasteiger partial charge in [-0.2, -0.15) is 0 Å². The van der Waals surface area contributed by atoms with Crippen molar-refractivity contribution in [1.82, 2.24) is 24.3 Å². The minimum atomic E-state index is -0.332. The highest BCUT2D eigenvalue weighted by atomic mass is 19.1. The van der Waals surface area contributed by atoms with Crippen LogP contribution in [0, 0.1) is 5.82 Å². The largest absolute Gasteiger partial charge is 0.310 e. The van der Waals surface area contributed by atoms with Gasteiger partial charge in [0.25, 0.3) is 11.1 Å². The Morgan fingerprint density at radius 2 is 1.88 bits per heavy atom. The van der Waals surface area contributed by atoms with Gasteiger partial charge in [0.15, 0.2) is 0 Å².